The summed E-state index contributed by atoms with van der Waals surface area (Å²) in [5, 5.41) is 2.90. The van der Waals surface area contributed by atoms with Crippen molar-refractivity contribution in [2.45, 2.75) is 117 Å². The van der Waals surface area contributed by atoms with Crippen molar-refractivity contribution in [2.75, 3.05) is 225 Å². The Morgan fingerprint density at radius 2 is 0.705 bits per heavy atom. The summed E-state index contributed by atoms with van der Waals surface area (Å²) in [6, 6.07) is 22.8. The second kappa shape index (κ2) is 57.2. The van der Waals surface area contributed by atoms with Gasteiger partial charge in [0.15, 0.2) is 11.5 Å². The fourth-order valence-electron chi connectivity index (χ4n) is 11.9. The van der Waals surface area contributed by atoms with E-state index in [1.807, 2.05) is 70.2 Å². The molecule has 0 saturated carbocycles. The van der Waals surface area contributed by atoms with E-state index in [0.717, 1.165) is 79.9 Å². The summed E-state index contributed by atoms with van der Waals surface area (Å²) in [6.07, 6.45) is 8.48. The predicted molar refractivity (Wildman–Crippen MR) is 412 cm³/mol. The van der Waals surface area contributed by atoms with Gasteiger partial charge in [-0.15, -0.1) is 0 Å². The van der Waals surface area contributed by atoms with E-state index in [1.165, 1.54) is 50.7 Å². The largest absolute Gasteiger partial charge is 0.487 e. The van der Waals surface area contributed by atoms with Gasteiger partial charge in [-0.3, -0.25) is 24.0 Å². The molecule has 2 saturated heterocycles. The third kappa shape index (κ3) is 41.2. The van der Waals surface area contributed by atoms with Crippen LogP contribution in [0.25, 0.3) is 0 Å². The third-order valence-corrected chi connectivity index (χ3v) is 17.5. The maximum Gasteiger partial charge on any atom is 0.338 e. The number of esters is 6. The second-order valence-electron chi connectivity index (χ2n) is 27.3. The van der Waals surface area contributed by atoms with E-state index in [0.29, 0.717) is 52.5 Å². The zero-order chi connectivity index (χ0) is 79.9. The van der Waals surface area contributed by atoms with Gasteiger partial charge in [0.25, 0.3) is 5.91 Å². The number of methoxy groups -OCH3 is 1. The molecule has 112 heavy (non-hydrogen) atoms. The first kappa shape index (κ1) is 93.0. The smallest absolute Gasteiger partial charge is 0.338 e. The zero-order valence-corrected chi connectivity index (χ0v) is 66.5. The second-order valence-corrected chi connectivity index (χ2v) is 27.3. The van der Waals surface area contributed by atoms with E-state index in [-0.39, 0.29) is 171 Å². The van der Waals surface area contributed by atoms with Crippen molar-refractivity contribution in [3.05, 3.63) is 123 Å². The maximum absolute atomic E-state index is 15.5. The molecule has 1 N–H and O–H groups in total. The number of piperidine rings is 2. The fourth-order valence-corrected chi connectivity index (χ4v) is 11.9. The van der Waals surface area contributed by atoms with Gasteiger partial charge in [0.2, 0.25) is 5.75 Å². The molecule has 0 unspecified atom stereocenters. The highest BCUT2D eigenvalue weighted by Gasteiger charge is 2.39. The van der Waals surface area contributed by atoms with E-state index in [9.17, 15) is 28.8 Å². The number of benzene rings is 4. The van der Waals surface area contributed by atoms with Crippen LogP contribution in [0.3, 0.4) is 0 Å². The molecule has 2 aliphatic heterocycles. The third-order valence-electron chi connectivity index (χ3n) is 17.5. The molecule has 0 radical (unpaired) electrons. The molecular formula is C83H121N3O26. The van der Waals surface area contributed by atoms with Crippen molar-refractivity contribution in [1.82, 2.24) is 15.1 Å². The molecule has 2 fully saturated rings. The molecule has 29 nitrogen and oxygen atoms in total. The van der Waals surface area contributed by atoms with Gasteiger partial charge in [0.1, 0.15) is 65.0 Å². The minimum absolute atomic E-state index is 0.000952. The van der Waals surface area contributed by atoms with Crippen LogP contribution in [0.1, 0.15) is 136 Å². The molecular weight excluding hydrogens is 1450 g/mol. The number of carbonyl (C=O) groups is 7. The molecule has 2 aliphatic rings. The Morgan fingerprint density at radius 1 is 0.357 bits per heavy atom. The summed E-state index contributed by atoms with van der Waals surface area (Å²) in [4.78, 5) is 100. The van der Waals surface area contributed by atoms with E-state index in [4.69, 9.17) is 90.0 Å². The van der Waals surface area contributed by atoms with Crippen LogP contribution in [0, 0.1) is 27.7 Å². The van der Waals surface area contributed by atoms with Gasteiger partial charge in [-0.2, -0.15) is 0 Å². The Kier molecular flexibility index (Phi) is 47.4. The Bertz CT molecular complexity index is 3150. The van der Waals surface area contributed by atoms with Gasteiger partial charge in [-0.05, 0) is 147 Å². The Morgan fingerprint density at radius 3 is 1.12 bits per heavy atom. The lowest BCUT2D eigenvalue weighted by atomic mass is 10.0. The molecule has 0 atom stereocenters. The summed E-state index contributed by atoms with van der Waals surface area (Å²) >= 11 is 0. The van der Waals surface area contributed by atoms with Crippen LogP contribution in [-0.4, -0.2) is 282 Å². The van der Waals surface area contributed by atoms with Crippen LogP contribution >= 0.6 is 0 Å². The standard InChI is InChI=1S/C83H121N3O26/c1-65-53-66(2)56-71(55-65)81(92)111-63-83(64-112-82(93)72-57-67(3)54-68(4)58-72,62-110-78(90)22-21-77(89)108-51-45-99-33-31-95-30-29-94-5)84-80(91)70-59-73(104-47-41-97-35-37-100-43-49-106-75(87)19-15-27-85-23-11-7-12-24-85)79(109-52-46-102-34-32-96-39-40-103-61-69-17-9-6-10-18-69)74(60-70)105-48-42-98-36-38-101-44-50-107-76(88)20-16-28-86-25-13-8-14-26-86/h6,9-10,17-18,53-60H,7-8,11-16,19-52,61-64H2,1-5H3,(H,84,91). The first-order valence-corrected chi connectivity index (χ1v) is 39.3. The normalized spacial score (nSPS) is 13.3. The van der Waals surface area contributed by atoms with E-state index in [1.54, 1.807) is 31.4 Å². The van der Waals surface area contributed by atoms with Crippen LogP contribution in [-0.2, 0) is 102 Å². The van der Waals surface area contributed by atoms with Gasteiger partial charge in [0.05, 0.1) is 149 Å². The molecule has 4 aromatic carbocycles. The molecule has 29 heteroatoms. The zero-order valence-electron chi connectivity index (χ0n) is 66.5. The number of hydrogen-bond donors (Lipinski definition) is 1. The number of aryl methyl sites for hydroxylation is 4. The fraction of sp³-hybridized carbons (Fsp3) is 0.627. The summed E-state index contributed by atoms with van der Waals surface area (Å²) in [7, 11) is 1.57. The molecule has 4 aromatic rings. The van der Waals surface area contributed by atoms with E-state index >= 15 is 4.79 Å². The van der Waals surface area contributed by atoms with Crippen molar-refractivity contribution in [2.24, 2.45) is 0 Å². The highest BCUT2D eigenvalue weighted by Crippen LogP contribution is 2.40. The topological polar surface area (TPSA) is 313 Å². The summed E-state index contributed by atoms with van der Waals surface area (Å²) in [6.45, 7) is 15.0. The Hall–Kier alpha value is -7.91. The molecule has 1 amide bonds. The Balaban J connectivity index is 1.21. The number of nitrogens with one attached hydrogen (secondary N) is 1. The van der Waals surface area contributed by atoms with Gasteiger partial charge in [-0.1, -0.05) is 77.6 Å². The number of rotatable bonds is 62. The highest BCUT2D eigenvalue weighted by atomic mass is 16.6. The van der Waals surface area contributed by atoms with Crippen molar-refractivity contribution >= 4 is 41.7 Å². The van der Waals surface area contributed by atoms with Crippen molar-refractivity contribution in [3.8, 4) is 17.2 Å². The molecule has 0 aromatic heterocycles. The van der Waals surface area contributed by atoms with Gasteiger partial charge in [-0.25, -0.2) is 9.59 Å². The number of hydrogen-bond acceptors (Lipinski definition) is 28. The Labute approximate surface area is 659 Å². The van der Waals surface area contributed by atoms with Gasteiger partial charge < -0.3 is 105 Å². The first-order chi connectivity index (χ1) is 54.6. The van der Waals surface area contributed by atoms with Crippen molar-refractivity contribution in [1.29, 1.82) is 0 Å². The first-order valence-electron chi connectivity index (χ1n) is 39.3. The lowest BCUT2D eigenvalue weighted by Crippen LogP contribution is -2.59. The summed E-state index contributed by atoms with van der Waals surface area (Å²) < 4.78 is 110. The van der Waals surface area contributed by atoms with Crippen LogP contribution < -0.4 is 19.5 Å². The molecule has 6 rings (SSSR count). The maximum atomic E-state index is 15.5. The average molecular weight is 1580 g/mol. The van der Waals surface area contributed by atoms with E-state index in [2.05, 4.69) is 15.1 Å². The molecule has 0 aliphatic carbocycles. The van der Waals surface area contributed by atoms with Crippen LogP contribution in [0.15, 0.2) is 78.9 Å². The lowest BCUT2D eigenvalue weighted by molar-refractivity contribution is -0.153. The minimum atomic E-state index is -2.07. The van der Waals surface area contributed by atoms with Gasteiger partial charge >= 0.3 is 35.8 Å². The summed E-state index contributed by atoms with van der Waals surface area (Å²) in [5.74, 6) is -4.65. The van der Waals surface area contributed by atoms with Crippen molar-refractivity contribution in [3.63, 3.8) is 0 Å². The van der Waals surface area contributed by atoms with E-state index < -0.39 is 68.0 Å². The number of ether oxygens (including phenoxy) is 19. The molecule has 0 bridgehead atoms. The monoisotopic (exact) mass is 1580 g/mol. The number of nitrogens with zero attached hydrogens (tertiary/aromatic N) is 2. The lowest BCUT2D eigenvalue weighted by Gasteiger charge is -2.33. The molecule has 624 valence electrons. The molecule has 2 heterocycles. The van der Waals surface area contributed by atoms with Gasteiger partial charge in [0, 0.05) is 25.5 Å². The number of amides is 1. The van der Waals surface area contributed by atoms with Crippen LogP contribution in [0.4, 0.5) is 0 Å². The van der Waals surface area contributed by atoms with Crippen LogP contribution in [0.5, 0.6) is 17.2 Å². The van der Waals surface area contributed by atoms with Crippen molar-refractivity contribution < 1.29 is 124 Å². The summed E-state index contributed by atoms with van der Waals surface area (Å²) in [5.41, 5.74) is 2.24. The average Bonchev–Trinajstić information content (AvgIpc) is 0.803. The highest BCUT2D eigenvalue weighted by molar-refractivity contribution is 5.96. The molecule has 0 spiro atoms. The quantitative estimate of drug-likeness (QED) is 0.0245. The SMILES string of the molecule is COCCOCCOCCOC(=O)CCC(=O)OCC(COC(=O)c1cc(C)cc(C)c1)(COC(=O)c1cc(C)cc(C)c1)NC(=O)c1cc(OCCOCCOCCOC(=O)CCCN2CCCCC2)c(OCCOCCOCCOCc2ccccc2)c(OCCOCCOCCOC(=O)CCCN2CCCCC2)c1. The minimum Gasteiger partial charge on any atom is -0.487 e. The number of likely N-dealkylation sites (tertiary alicyclic amines) is 2. The predicted octanol–water partition coefficient (Wildman–Crippen LogP) is 8.72. The van der Waals surface area contributed by atoms with Crippen LogP contribution in [0.2, 0.25) is 0 Å². The number of carbonyl (C=O) groups excluding carboxylic acids is 7.